The number of H-pyrrole nitrogens is 1. The molecule has 1 saturated heterocycles. The molecule has 1 fully saturated rings. The maximum absolute atomic E-state index is 13.3. The number of fused-ring (bicyclic) bond motifs is 1. The Morgan fingerprint density at radius 3 is 2.62 bits per heavy atom. The van der Waals surface area contributed by atoms with E-state index in [4.69, 9.17) is 0 Å². The van der Waals surface area contributed by atoms with Crippen LogP contribution in [-0.4, -0.2) is 46.0 Å². The van der Waals surface area contributed by atoms with Crippen molar-refractivity contribution in [3.8, 4) is 0 Å². The van der Waals surface area contributed by atoms with E-state index in [1.54, 1.807) is 24.1 Å². The number of aromatic nitrogens is 2. The molecular weight excluding hydrogens is 381 g/mol. The number of nitrogens with zero attached hydrogens (tertiary/aromatic N) is 3. The van der Waals surface area contributed by atoms with Gasteiger partial charge in [0, 0.05) is 25.7 Å². The predicted octanol–water partition coefficient (Wildman–Crippen LogP) is 3.79. The van der Waals surface area contributed by atoms with Gasteiger partial charge in [-0.25, -0.2) is 0 Å². The standard InChI is InChI=1S/C21H23F3N4O/c1-13(20-16-11-19(29)27(2)12-18(16)25-26-20)28-9-7-14(8-10-28)15-5-3-4-6-17(15)21(22,23)24/h3-6,14H,1,7-12H2,2H3,(H,25,26). The largest absolute Gasteiger partial charge is 0.416 e. The molecule has 1 aromatic carbocycles. The summed E-state index contributed by atoms with van der Waals surface area (Å²) >= 11 is 0. The van der Waals surface area contributed by atoms with Crippen LogP contribution in [0.5, 0.6) is 0 Å². The fourth-order valence-corrected chi connectivity index (χ4v) is 4.29. The van der Waals surface area contributed by atoms with Crippen molar-refractivity contribution in [2.45, 2.75) is 37.9 Å². The number of piperidine rings is 1. The van der Waals surface area contributed by atoms with Gasteiger partial charge in [0.25, 0.3) is 0 Å². The highest BCUT2D eigenvalue weighted by atomic mass is 19.4. The third-order valence-corrected chi connectivity index (χ3v) is 5.96. The number of nitrogens with one attached hydrogen (secondary N) is 1. The molecule has 0 spiro atoms. The molecule has 0 bridgehead atoms. The molecule has 0 unspecified atom stereocenters. The first-order valence-electron chi connectivity index (χ1n) is 9.66. The van der Waals surface area contributed by atoms with Gasteiger partial charge >= 0.3 is 6.18 Å². The molecule has 2 aliphatic rings. The van der Waals surface area contributed by atoms with Crippen LogP contribution in [0.3, 0.4) is 0 Å². The first-order chi connectivity index (χ1) is 13.8. The fraction of sp³-hybridized carbons (Fsp3) is 0.429. The van der Waals surface area contributed by atoms with Crippen LogP contribution in [0.4, 0.5) is 13.2 Å². The van der Waals surface area contributed by atoms with Gasteiger partial charge in [-0.1, -0.05) is 24.8 Å². The Labute approximate surface area is 167 Å². The average Bonchev–Trinajstić information content (AvgIpc) is 3.10. The van der Waals surface area contributed by atoms with Crippen molar-refractivity contribution in [2.24, 2.45) is 0 Å². The number of halogens is 3. The van der Waals surface area contributed by atoms with Crippen molar-refractivity contribution in [2.75, 3.05) is 20.1 Å². The summed E-state index contributed by atoms with van der Waals surface area (Å²) in [4.78, 5) is 15.8. The number of likely N-dealkylation sites (N-methyl/N-ethyl adjacent to an activating group) is 1. The molecule has 154 valence electrons. The molecule has 0 saturated carbocycles. The number of aromatic amines is 1. The summed E-state index contributed by atoms with van der Waals surface area (Å²) in [5, 5.41) is 7.37. The number of likely N-dealkylation sites (tertiary alicyclic amines) is 1. The number of benzene rings is 1. The Morgan fingerprint density at radius 2 is 1.93 bits per heavy atom. The third-order valence-electron chi connectivity index (χ3n) is 5.96. The molecule has 8 heteroatoms. The summed E-state index contributed by atoms with van der Waals surface area (Å²) in [6.45, 7) is 5.86. The van der Waals surface area contributed by atoms with E-state index in [2.05, 4.69) is 21.7 Å². The average molecular weight is 404 g/mol. The lowest BCUT2D eigenvalue weighted by Gasteiger charge is -2.35. The minimum atomic E-state index is -4.34. The SMILES string of the molecule is C=C(c1n[nH]c2c1CC(=O)N(C)C2)N1CCC(c2ccccc2C(F)(F)F)CC1. The molecule has 2 aromatic rings. The molecule has 1 amide bonds. The molecule has 1 aromatic heterocycles. The number of carbonyl (C=O) groups is 1. The van der Waals surface area contributed by atoms with Gasteiger partial charge in [-0.3, -0.25) is 9.89 Å². The van der Waals surface area contributed by atoms with Crippen LogP contribution in [0.15, 0.2) is 30.8 Å². The lowest BCUT2D eigenvalue weighted by Crippen LogP contribution is -2.34. The molecule has 5 nitrogen and oxygen atoms in total. The molecule has 3 heterocycles. The van der Waals surface area contributed by atoms with Crippen LogP contribution in [0.1, 0.15) is 46.8 Å². The quantitative estimate of drug-likeness (QED) is 0.847. The Bertz CT molecular complexity index is 942. The van der Waals surface area contributed by atoms with Gasteiger partial charge in [0.2, 0.25) is 5.91 Å². The fourth-order valence-electron chi connectivity index (χ4n) is 4.29. The minimum Gasteiger partial charge on any atom is -0.370 e. The van der Waals surface area contributed by atoms with Crippen molar-refractivity contribution in [1.29, 1.82) is 0 Å². The van der Waals surface area contributed by atoms with Crippen LogP contribution in [0.2, 0.25) is 0 Å². The van der Waals surface area contributed by atoms with E-state index in [0.29, 0.717) is 43.7 Å². The summed E-state index contributed by atoms with van der Waals surface area (Å²) in [6.07, 6.45) is -2.84. The minimum absolute atomic E-state index is 0.0374. The Balaban J connectivity index is 1.48. The lowest BCUT2D eigenvalue weighted by molar-refractivity contribution is -0.138. The Morgan fingerprint density at radius 1 is 1.24 bits per heavy atom. The zero-order valence-electron chi connectivity index (χ0n) is 16.2. The Kier molecular flexibility index (Phi) is 4.88. The smallest absolute Gasteiger partial charge is 0.370 e. The van der Waals surface area contributed by atoms with Gasteiger partial charge in [0.05, 0.1) is 29.9 Å². The second-order valence-electron chi connectivity index (χ2n) is 7.75. The van der Waals surface area contributed by atoms with Crippen molar-refractivity contribution >= 4 is 11.6 Å². The predicted molar refractivity (Wildman–Crippen MR) is 103 cm³/mol. The summed E-state index contributed by atoms with van der Waals surface area (Å²) < 4.78 is 40.0. The number of rotatable bonds is 3. The summed E-state index contributed by atoms with van der Waals surface area (Å²) in [7, 11) is 1.75. The normalized spacial score (nSPS) is 18.1. The molecule has 4 rings (SSSR count). The van der Waals surface area contributed by atoms with E-state index >= 15 is 0 Å². The summed E-state index contributed by atoms with van der Waals surface area (Å²) in [6, 6.07) is 5.84. The second kappa shape index (κ2) is 7.24. The summed E-state index contributed by atoms with van der Waals surface area (Å²) in [5.74, 6) is -0.101. The van der Waals surface area contributed by atoms with Gasteiger partial charge in [-0.15, -0.1) is 0 Å². The van der Waals surface area contributed by atoms with Crippen LogP contribution >= 0.6 is 0 Å². The van der Waals surface area contributed by atoms with E-state index in [1.165, 1.54) is 6.07 Å². The maximum atomic E-state index is 13.3. The zero-order chi connectivity index (χ0) is 20.8. The van der Waals surface area contributed by atoms with E-state index in [1.807, 2.05) is 0 Å². The maximum Gasteiger partial charge on any atom is 0.416 e. The molecule has 1 N–H and O–H groups in total. The highest BCUT2D eigenvalue weighted by Gasteiger charge is 2.36. The lowest BCUT2D eigenvalue weighted by atomic mass is 9.86. The monoisotopic (exact) mass is 404 g/mol. The highest BCUT2D eigenvalue weighted by molar-refractivity contribution is 5.82. The number of alkyl halides is 3. The number of amides is 1. The van der Waals surface area contributed by atoms with Gasteiger partial charge in [0.15, 0.2) is 0 Å². The van der Waals surface area contributed by atoms with Gasteiger partial charge in [-0.2, -0.15) is 18.3 Å². The number of hydrogen-bond acceptors (Lipinski definition) is 3. The van der Waals surface area contributed by atoms with E-state index in [-0.39, 0.29) is 18.2 Å². The van der Waals surface area contributed by atoms with E-state index < -0.39 is 11.7 Å². The third kappa shape index (κ3) is 3.63. The van der Waals surface area contributed by atoms with Crippen LogP contribution in [0, 0.1) is 0 Å². The molecular formula is C21H23F3N4O. The first-order valence-corrected chi connectivity index (χ1v) is 9.66. The van der Waals surface area contributed by atoms with Crippen molar-refractivity contribution < 1.29 is 18.0 Å². The van der Waals surface area contributed by atoms with E-state index in [0.717, 1.165) is 23.0 Å². The second-order valence-corrected chi connectivity index (χ2v) is 7.75. The van der Waals surface area contributed by atoms with Crippen molar-refractivity contribution in [3.05, 3.63) is 58.9 Å². The van der Waals surface area contributed by atoms with Crippen LogP contribution in [0.25, 0.3) is 5.70 Å². The Hall–Kier alpha value is -2.77. The number of hydrogen-bond donors (Lipinski definition) is 1. The van der Waals surface area contributed by atoms with Gasteiger partial charge in [0.1, 0.15) is 5.69 Å². The topological polar surface area (TPSA) is 52.2 Å². The van der Waals surface area contributed by atoms with E-state index in [9.17, 15) is 18.0 Å². The van der Waals surface area contributed by atoms with Gasteiger partial charge in [-0.05, 0) is 30.4 Å². The van der Waals surface area contributed by atoms with Crippen LogP contribution < -0.4 is 0 Å². The molecule has 2 aliphatic heterocycles. The van der Waals surface area contributed by atoms with Crippen LogP contribution in [-0.2, 0) is 23.9 Å². The highest BCUT2D eigenvalue weighted by Crippen LogP contribution is 2.39. The molecule has 0 aliphatic carbocycles. The number of carbonyl (C=O) groups excluding carboxylic acids is 1. The molecule has 0 atom stereocenters. The molecule has 0 radical (unpaired) electrons. The molecule has 29 heavy (non-hydrogen) atoms. The van der Waals surface area contributed by atoms with Crippen molar-refractivity contribution in [3.63, 3.8) is 0 Å². The van der Waals surface area contributed by atoms with Crippen molar-refractivity contribution in [1.82, 2.24) is 20.0 Å². The zero-order valence-corrected chi connectivity index (χ0v) is 16.2. The summed E-state index contributed by atoms with van der Waals surface area (Å²) in [5.41, 5.74) is 3.04. The first kappa shape index (κ1) is 19.5. The van der Waals surface area contributed by atoms with Gasteiger partial charge < -0.3 is 9.80 Å².